The van der Waals surface area contributed by atoms with Crippen molar-refractivity contribution in [1.29, 1.82) is 0 Å². The summed E-state index contributed by atoms with van der Waals surface area (Å²) in [6.45, 7) is -0.868. The molecule has 0 spiro atoms. The lowest BCUT2D eigenvalue weighted by molar-refractivity contribution is -0.157. The third kappa shape index (κ3) is 4.30. The van der Waals surface area contributed by atoms with Gasteiger partial charge in [0, 0.05) is 0 Å². The first kappa shape index (κ1) is 15.6. The zero-order valence-electron chi connectivity index (χ0n) is 9.80. The number of aliphatic carboxylic acids is 2. The van der Waals surface area contributed by atoms with Crippen molar-refractivity contribution < 1.29 is 38.9 Å². The molecule has 0 aliphatic heterocycles. The number of amides is 1. The van der Waals surface area contributed by atoms with Gasteiger partial charge in [-0.2, -0.15) is 0 Å². The highest BCUT2D eigenvalue weighted by molar-refractivity contribution is 7.51. The number of carbonyl (C=O) groups is 3. The van der Waals surface area contributed by atoms with Crippen molar-refractivity contribution in [3.05, 3.63) is 0 Å². The SMILES string of the molecule is O=C(O)CN(CP(=O)(O)O)C(=O)C1CCC1C(=O)O. The summed E-state index contributed by atoms with van der Waals surface area (Å²) < 4.78 is 10.9. The molecule has 1 amide bonds. The zero-order chi connectivity index (χ0) is 14.8. The molecule has 0 bridgehead atoms. The van der Waals surface area contributed by atoms with E-state index in [0.717, 1.165) is 0 Å². The maximum absolute atomic E-state index is 11.9. The summed E-state index contributed by atoms with van der Waals surface area (Å²) in [6.07, 6.45) is -0.462. The van der Waals surface area contributed by atoms with Crippen molar-refractivity contribution >= 4 is 25.4 Å². The van der Waals surface area contributed by atoms with E-state index in [0.29, 0.717) is 11.3 Å². The normalized spacial score (nSPS) is 22.4. The topological polar surface area (TPSA) is 152 Å². The smallest absolute Gasteiger partial charge is 0.344 e. The number of carbonyl (C=O) groups excluding carboxylic acids is 1. The maximum Gasteiger partial charge on any atom is 0.344 e. The Hall–Kier alpha value is -1.44. The van der Waals surface area contributed by atoms with E-state index in [1.165, 1.54) is 0 Å². The quantitative estimate of drug-likeness (QED) is 0.462. The Labute approximate surface area is 108 Å². The zero-order valence-corrected chi connectivity index (χ0v) is 10.7. The van der Waals surface area contributed by atoms with E-state index in [9.17, 15) is 18.9 Å². The highest BCUT2D eigenvalue weighted by atomic mass is 31.2. The Morgan fingerprint density at radius 2 is 1.63 bits per heavy atom. The van der Waals surface area contributed by atoms with Crippen LogP contribution in [0.4, 0.5) is 0 Å². The number of carboxylic acid groups (broad SMARTS) is 2. The van der Waals surface area contributed by atoms with E-state index < -0.39 is 50.1 Å². The largest absolute Gasteiger partial charge is 0.481 e. The molecule has 1 rings (SSSR count). The molecule has 10 heteroatoms. The lowest BCUT2D eigenvalue weighted by atomic mass is 9.73. The minimum atomic E-state index is -4.61. The second-order valence-corrected chi connectivity index (χ2v) is 5.98. The van der Waals surface area contributed by atoms with Crippen LogP contribution < -0.4 is 0 Å². The predicted octanol–water partition coefficient (Wildman–Crippen LogP) is -0.854. The Bertz CT molecular complexity index is 444. The molecule has 2 atom stereocenters. The van der Waals surface area contributed by atoms with Gasteiger partial charge in [0.2, 0.25) is 5.91 Å². The average Bonchev–Trinajstić information content (AvgIpc) is 2.10. The van der Waals surface area contributed by atoms with Gasteiger partial charge in [0.05, 0.1) is 11.8 Å². The maximum atomic E-state index is 11.9. The molecule has 4 N–H and O–H groups in total. The molecule has 1 saturated carbocycles. The van der Waals surface area contributed by atoms with Gasteiger partial charge >= 0.3 is 19.5 Å². The average molecular weight is 295 g/mol. The standard InChI is InChI=1S/C9H14NO8P/c11-7(12)3-10(4-19(16,17)18)8(13)5-1-2-6(5)9(14)15/h5-6H,1-4H2,(H,11,12)(H,14,15)(H2,16,17,18). The minimum Gasteiger partial charge on any atom is -0.481 e. The molecule has 0 radical (unpaired) electrons. The van der Waals surface area contributed by atoms with Crippen LogP contribution in [0.15, 0.2) is 0 Å². The van der Waals surface area contributed by atoms with Crippen LogP contribution in [0.2, 0.25) is 0 Å². The monoisotopic (exact) mass is 295 g/mol. The van der Waals surface area contributed by atoms with Gasteiger partial charge in [0.15, 0.2) is 0 Å². The second kappa shape index (κ2) is 5.68. The number of hydrogen-bond donors (Lipinski definition) is 4. The molecule has 2 unspecified atom stereocenters. The Kier molecular flexibility index (Phi) is 4.67. The number of rotatable bonds is 6. The van der Waals surface area contributed by atoms with Crippen LogP contribution in [0.5, 0.6) is 0 Å². The van der Waals surface area contributed by atoms with Crippen molar-refractivity contribution in [3.8, 4) is 0 Å². The first-order valence-electron chi connectivity index (χ1n) is 5.40. The fraction of sp³-hybridized carbons (Fsp3) is 0.667. The van der Waals surface area contributed by atoms with Crippen molar-refractivity contribution in [2.24, 2.45) is 11.8 Å². The molecule has 0 aromatic heterocycles. The molecule has 0 aromatic carbocycles. The van der Waals surface area contributed by atoms with E-state index in [2.05, 4.69) is 0 Å². The number of hydrogen-bond acceptors (Lipinski definition) is 4. The molecule has 1 aliphatic rings. The minimum absolute atomic E-state index is 0.271. The van der Waals surface area contributed by atoms with Gasteiger partial charge in [0.1, 0.15) is 12.8 Å². The van der Waals surface area contributed by atoms with Gasteiger partial charge in [-0.15, -0.1) is 0 Å². The summed E-state index contributed by atoms with van der Waals surface area (Å²) in [4.78, 5) is 51.4. The first-order valence-corrected chi connectivity index (χ1v) is 7.19. The number of nitrogens with zero attached hydrogens (tertiary/aromatic N) is 1. The van der Waals surface area contributed by atoms with E-state index in [1.54, 1.807) is 0 Å². The predicted molar refractivity (Wildman–Crippen MR) is 60.1 cm³/mol. The van der Waals surface area contributed by atoms with Crippen molar-refractivity contribution in [1.82, 2.24) is 4.90 Å². The van der Waals surface area contributed by atoms with Gasteiger partial charge in [0.25, 0.3) is 0 Å². The summed E-state index contributed by atoms with van der Waals surface area (Å²) in [6, 6.07) is 0. The van der Waals surface area contributed by atoms with Gasteiger partial charge in [-0.1, -0.05) is 0 Å². The summed E-state index contributed by atoms with van der Waals surface area (Å²) in [5.74, 6) is -5.27. The summed E-state index contributed by atoms with van der Waals surface area (Å²) >= 11 is 0. The van der Waals surface area contributed by atoms with E-state index in [-0.39, 0.29) is 6.42 Å². The highest BCUT2D eigenvalue weighted by Crippen LogP contribution is 2.39. The van der Waals surface area contributed by atoms with Crippen LogP contribution in [-0.4, -0.2) is 55.6 Å². The van der Waals surface area contributed by atoms with Gasteiger partial charge in [-0.05, 0) is 12.8 Å². The Morgan fingerprint density at radius 3 is 1.95 bits per heavy atom. The molecule has 19 heavy (non-hydrogen) atoms. The summed E-state index contributed by atoms with van der Waals surface area (Å²) in [5.41, 5.74) is 0. The van der Waals surface area contributed by atoms with E-state index >= 15 is 0 Å². The Morgan fingerprint density at radius 1 is 1.11 bits per heavy atom. The van der Waals surface area contributed by atoms with Gasteiger partial charge in [-0.3, -0.25) is 18.9 Å². The van der Waals surface area contributed by atoms with Gasteiger partial charge in [-0.25, -0.2) is 0 Å². The molecule has 1 aliphatic carbocycles. The summed E-state index contributed by atoms with van der Waals surface area (Å²) in [5, 5.41) is 17.4. The van der Waals surface area contributed by atoms with Crippen LogP contribution in [0.1, 0.15) is 12.8 Å². The third-order valence-electron chi connectivity index (χ3n) is 2.90. The fourth-order valence-corrected chi connectivity index (χ4v) is 2.59. The second-order valence-electron chi connectivity index (χ2n) is 4.36. The Balaban J connectivity index is 2.80. The van der Waals surface area contributed by atoms with E-state index in [1.807, 2.05) is 0 Å². The molecular formula is C9H14NO8P. The first-order chi connectivity index (χ1) is 8.61. The lowest BCUT2D eigenvalue weighted by Crippen LogP contribution is -2.47. The summed E-state index contributed by atoms with van der Waals surface area (Å²) in [7, 11) is -4.61. The van der Waals surface area contributed by atoms with Crippen LogP contribution in [0, 0.1) is 11.8 Å². The van der Waals surface area contributed by atoms with Crippen LogP contribution >= 0.6 is 7.60 Å². The van der Waals surface area contributed by atoms with Crippen LogP contribution in [0.3, 0.4) is 0 Å². The van der Waals surface area contributed by atoms with Crippen LogP contribution in [0.25, 0.3) is 0 Å². The molecule has 108 valence electrons. The van der Waals surface area contributed by atoms with Crippen molar-refractivity contribution in [2.75, 3.05) is 12.8 Å². The molecule has 0 saturated heterocycles. The third-order valence-corrected chi connectivity index (χ3v) is 3.61. The van der Waals surface area contributed by atoms with Crippen LogP contribution in [-0.2, 0) is 18.9 Å². The molecular weight excluding hydrogens is 281 g/mol. The van der Waals surface area contributed by atoms with E-state index in [4.69, 9.17) is 20.0 Å². The van der Waals surface area contributed by atoms with Crippen molar-refractivity contribution in [3.63, 3.8) is 0 Å². The molecule has 9 nitrogen and oxygen atoms in total. The fourth-order valence-electron chi connectivity index (χ4n) is 1.91. The molecule has 0 heterocycles. The van der Waals surface area contributed by atoms with Gasteiger partial charge < -0.3 is 24.9 Å². The highest BCUT2D eigenvalue weighted by Gasteiger charge is 2.44. The lowest BCUT2D eigenvalue weighted by Gasteiger charge is -2.35. The molecule has 1 fully saturated rings. The molecule has 0 aromatic rings. The van der Waals surface area contributed by atoms with Crippen molar-refractivity contribution in [2.45, 2.75) is 12.8 Å². The number of carboxylic acids is 2.